The molecule has 0 bridgehead atoms. The number of para-hydroxylation sites is 1. The van der Waals surface area contributed by atoms with Crippen LogP contribution in [0.3, 0.4) is 0 Å². The van der Waals surface area contributed by atoms with E-state index in [2.05, 4.69) is 23.0 Å². The largest absolute Gasteiger partial charge is 0.472 e. The van der Waals surface area contributed by atoms with Gasteiger partial charge in [-0.1, -0.05) is 12.1 Å². The number of hydrogen-bond acceptors (Lipinski definition) is 2. The van der Waals surface area contributed by atoms with Gasteiger partial charge in [0.15, 0.2) is 0 Å². The molecule has 0 saturated heterocycles. The van der Waals surface area contributed by atoms with Crippen LogP contribution in [0, 0.1) is 6.92 Å². The van der Waals surface area contributed by atoms with E-state index in [1.165, 1.54) is 5.56 Å². The Bertz CT molecular complexity index is 593. The summed E-state index contributed by atoms with van der Waals surface area (Å²) in [7, 11) is 0. The average molecular weight is 198 g/mol. The maximum absolute atomic E-state index is 5.04. The number of nitrogens with zero attached hydrogens (tertiary/aromatic N) is 1. The van der Waals surface area contributed by atoms with Gasteiger partial charge < -0.3 is 9.40 Å². The van der Waals surface area contributed by atoms with Crippen LogP contribution in [0.15, 0.2) is 41.2 Å². The first-order valence-corrected chi connectivity index (χ1v) is 4.82. The van der Waals surface area contributed by atoms with Gasteiger partial charge in [-0.15, -0.1) is 0 Å². The van der Waals surface area contributed by atoms with E-state index in [0.29, 0.717) is 0 Å². The van der Waals surface area contributed by atoms with Gasteiger partial charge >= 0.3 is 0 Å². The first kappa shape index (κ1) is 8.29. The van der Waals surface area contributed by atoms with Crippen LogP contribution in [-0.4, -0.2) is 9.97 Å². The van der Waals surface area contributed by atoms with Gasteiger partial charge in [-0.05, 0) is 24.6 Å². The lowest BCUT2D eigenvalue weighted by atomic mass is 10.2. The maximum atomic E-state index is 5.04. The molecule has 74 valence electrons. The van der Waals surface area contributed by atoms with Crippen LogP contribution in [-0.2, 0) is 0 Å². The third-order valence-corrected chi connectivity index (χ3v) is 2.51. The lowest BCUT2D eigenvalue weighted by Gasteiger charge is -1.90. The number of imidazole rings is 1. The first-order chi connectivity index (χ1) is 7.34. The molecule has 0 amide bonds. The Balaban J connectivity index is 2.27. The number of H-pyrrole nitrogens is 1. The van der Waals surface area contributed by atoms with Gasteiger partial charge in [0.1, 0.15) is 12.1 Å². The van der Waals surface area contributed by atoms with Gasteiger partial charge in [-0.25, -0.2) is 4.98 Å². The number of fused-ring (bicyclic) bond motifs is 1. The molecule has 0 aliphatic rings. The number of aryl methyl sites for hydroxylation is 1. The quantitative estimate of drug-likeness (QED) is 0.652. The molecule has 3 aromatic rings. The van der Waals surface area contributed by atoms with Gasteiger partial charge in [-0.3, -0.25) is 0 Å². The minimum absolute atomic E-state index is 0.855. The third-order valence-electron chi connectivity index (χ3n) is 2.51. The highest BCUT2D eigenvalue weighted by atomic mass is 16.3. The number of nitrogens with one attached hydrogen (secondary N) is 1. The molecular weight excluding hydrogens is 188 g/mol. The second-order valence-corrected chi connectivity index (χ2v) is 3.57. The minimum Gasteiger partial charge on any atom is -0.472 e. The summed E-state index contributed by atoms with van der Waals surface area (Å²) in [5, 5.41) is 0. The number of aromatic amines is 1. The molecule has 0 spiro atoms. The molecule has 2 aromatic heterocycles. The SMILES string of the molecule is Cc1cccc2[nH]c(-c3ccoc3)nc12. The summed E-state index contributed by atoms with van der Waals surface area (Å²) in [5.41, 5.74) is 4.24. The van der Waals surface area contributed by atoms with Crippen LogP contribution >= 0.6 is 0 Å². The van der Waals surface area contributed by atoms with E-state index in [1.807, 2.05) is 18.2 Å². The van der Waals surface area contributed by atoms with Gasteiger partial charge in [0.25, 0.3) is 0 Å². The molecule has 0 aliphatic carbocycles. The maximum Gasteiger partial charge on any atom is 0.141 e. The highest BCUT2D eigenvalue weighted by molar-refractivity contribution is 5.81. The molecule has 0 unspecified atom stereocenters. The Morgan fingerprint density at radius 1 is 1.27 bits per heavy atom. The fraction of sp³-hybridized carbons (Fsp3) is 0.0833. The summed E-state index contributed by atoms with van der Waals surface area (Å²) in [4.78, 5) is 7.81. The molecule has 0 radical (unpaired) electrons. The van der Waals surface area contributed by atoms with Gasteiger partial charge in [-0.2, -0.15) is 0 Å². The monoisotopic (exact) mass is 198 g/mol. The number of furan rings is 1. The zero-order chi connectivity index (χ0) is 10.3. The van der Waals surface area contributed by atoms with Crippen molar-refractivity contribution in [3.63, 3.8) is 0 Å². The second-order valence-electron chi connectivity index (χ2n) is 3.57. The molecule has 3 heteroatoms. The number of aromatic nitrogens is 2. The Morgan fingerprint density at radius 3 is 2.93 bits per heavy atom. The summed E-state index contributed by atoms with van der Waals surface area (Å²) in [6.07, 6.45) is 3.34. The molecule has 1 aromatic carbocycles. The Morgan fingerprint density at radius 2 is 2.20 bits per heavy atom. The van der Waals surface area contributed by atoms with Crippen molar-refractivity contribution >= 4 is 11.0 Å². The third kappa shape index (κ3) is 1.24. The van der Waals surface area contributed by atoms with Gasteiger partial charge in [0, 0.05) is 0 Å². The summed E-state index contributed by atoms with van der Waals surface area (Å²) in [6, 6.07) is 8.00. The van der Waals surface area contributed by atoms with Gasteiger partial charge in [0.05, 0.1) is 22.9 Å². The number of hydrogen-bond donors (Lipinski definition) is 1. The molecule has 0 saturated carbocycles. The van der Waals surface area contributed by atoms with Crippen LogP contribution in [0.5, 0.6) is 0 Å². The van der Waals surface area contributed by atoms with Crippen molar-refractivity contribution in [1.29, 1.82) is 0 Å². The van der Waals surface area contributed by atoms with Crippen LogP contribution in [0.1, 0.15) is 5.56 Å². The molecule has 0 fully saturated rings. The smallest absolute Gasteiger partial charge is 0.141 e. The highest BCUT2D eigenvalue weighted by Gasteiger charge is 2.06. The fourth-order valence-electron chi connectivity index (χ4n) is 1.71. The summed E-state index contributed by atoms with van der Waals surface area (Å²) in [6.45, 7) is 2.06. The zero-order valence-corrected chi connectivity index (χ0v) is 8.32. The standard InChI is InChI=1S/C12H10N2O/c1-8-3-2-4-10-11(8)14-12(13-10)9-5-6-15-7-9/h2-7H,1H3,(H,13,14). The van der Waals surface area contributed by atoms with Crippen LogP contribution in [0.25, 0.3) is 22.4 Å². The zero-order valence-electron chi connectivity index (χ0n) is 8.32. The van der Waals surface area contributed by atoms with E-state index < -0.39 is 0 Å². The van der Waals surface area contributed by atoms with Crippen molar-refractivity contribution in [2.24, 2.45) is 0 Å². The predicted molar refractivity (Wildman–Crippen MR) is 58.5 cm³/mol. The van der Waals surface area contributed by atoms with Crippen molar-refractivity contribution in [3.8, 4) is 11.4 Å². The molecular formula is C12H10N2O. The van der Waals surface area contributed by atoms with E-state index in [4.69, 9.17) is 4.42 Å². The van der Waals surface area contributed by atoms with Gasteiger partial charge in [0.2, 0.25) is 0 Å². The van der Waals surface area contributed by atoms with E-state index in [-0.39, 0.29) is 0 Å². The topological polar surface area (TPSA) is 41.8 Å². The molecule has 1 N–H and O–H groups in total. The minimum atomic E-state index is 0.855. The van der Waals surface area contributed by atoms with E-state index in [0.717, 1.165) is 22.4 Å². The normalized spacial score (nSPS) is 11.0. The second kappa shape index (κ2) is 2.98. The fourth-order valence-corrected chi connectivity index (χ4v) is 1.71. The molecule has 3 nitrogen and oxygen atoms in total. The van der Waals surface area contributed by atoms with Crippen molar-refractivity contribution in [1.82, 2.24) is 9.97 Å². The lowest BCUT2D eigenvalue weighted by Crippen LogP contribution is -1.75. The van der Waals surface area contributed by atoms with Crippen molar-refractivity contribution < 1.29 is 4.42 Å². The Labute approximate surface area is 86.8 Å². The van der Waals surface area contributed by atoms with Crippen LogP contribution in [0.2, 0.25) is 0 Å². The molecule has 0 aliphatic heterocycles. The van der Waals surface area contributed by atoms with Crippen molar-refractivity contribution in [2.45, 2.75) is 6.92 Å². The average Bonchev–Trinajstić information content (AvgIpc) is 2.86. The highest BCUT2D eigenvalue weighted by Crippen LogP contribution is 2.22. The Kier molecular flexibility index (Phi) is 1.65. The lowest BCUT2D eigenvalue weighted by molar-refractivity contribution is 0.568. The molecule has 3 rings (SSSR count). The van der Waals surface area contributed by atoms with Crippen LogP contribution < -0.4 is 0 Å². The van der Waals surface area contributed by atoms with E-state index in [9.17, 15) is 0 Å². The molecule has 0 atom stereocenters. The van der Waals surface area contributed by atoms with Crippen molar-refractivity contribution in [2.75, 3.05) is 0 Å². The number of rotatable bonds is 1. The Hall–Kier alpha value is -2.03. The van der Waals surface area contributed by atoms with E-state index >= 15 is 0 Å². The van der Waals surface area contributed by atoms with Crippen molar-refractivity contribution in [3.05, 3.63) is 42.4 Å². The number of benzene rings is 1. The predicted octanol–water partition coefficient (Wildman–Crippen LogP) is 3.13. The van der Waals surface area contributed by atoms with Crippen LogP contribution in [0.4, 0.5) is 0 Å². The van der Waals surface area contributed by atoms with E-state index in [1.54, 1.807) is 12.5 Å². The summed E-state index contributed by atoms with van der Waals surface area (Å²) in [5.74, 6) is 0.855. The molecule has 15 heavy (non-hydrogen) atoms. The summed E-state index contributed by atoms with van der Waals surface area (Å²) >= 11 is 0. The molecule has 2 heterocycles. The first-order valence-electron chi connectivity index (χ1n) is 4.82. The summed E-state index contributed by atoms with van der Waals surface area (Å²) < 4.78 is 5.04.